The molecule has 1 aliphatic rings. The standard InChI is InChI=1S/C17H23N5O2S/c1-3-24-17-21-20-15(25-17)11-22-8-6-13(7-9-22)16(23)19-14-5-4-12(2)10-18-14/h4-5,10,13H,3,6-9,11H2,1-2H3,(H,18,19,23). The zero-order valence-corrected chi connectivity index (χ0v) is 15.4. The van der Waals surface area contributed by atoms with Gasteiger partial charge in [0.15, 0.2) is 0 Å². The van der Waals surface area contributed by atoms with E-state index in [1.807, 2.05) is 26.0 Å². The monoisotopic (exact) mass is 361 g/mol. The van der Waals surface area contributed by atoms with Crippen LogP contribution in [0, 0.1) is 12.8 Å². The maximum atomic E-state index is 12.4. The quantitative estimate of drug-likeness (QED) is 0.851. The lowest BCUT2D eigenvalue weighted by molar-refractivity contribution is -0.121. The first kappa shape index (κ1) is 17.8. The van der Waals surface area contributed by atoms with Crippen LogP contribution in [-0.2, 0) is 11.3 Å². The van der Waals surface area contributed by atoms with E-state index in [1.165, 1.54) is 11.3 Å². The van der Waals surface area contributed by atoms with E-state index in [1.54, 1.807) is 6.20 Å². The maximum Gasteiger partial charge on any atom is 0.294 e. The summed E-state index contributed by atoms with van der Waals surface area (Å²) in [4.78, 5) is 18.9. The van der Waals surface area contributed by atoms with Gasteiger partial charge in [0, 0.05) is 12.1 Å². The number of pyridine rings is 1. The molecule has 0 bridgehead atoms. The lowest BCUT2D eigenvalue weighted by Crippen LogP contribution is -2.37. The molecular weight excluding hydrogens is 338 g/mol. The maximum absolute atomic E-state index is 12.4. The van der Waals surface area contributed by atoms with E-state index in [4.69, 9.17) is 4.74 Å². The van der Waals surface area contributed by atoms with Crippen LogP contribution in [0.15, 0.2) is 18.3 Å². The predicted octanol–water partition coefficient (Wildman–Crippen LogP) is 2.49. The normalized spacial score (nSPS) is 15.9. The summed E-state index contributed by atoms with van der Waals surface area (Å²) < 4.78 is 5.36. The number of likely N-dealkylation sites (tertiary alicyclic amines) is 1. The van der Waals surface area contributed by atoms with Crippen LogP contribution in [0.5, 0.6) is 5.19 Å². The van der Waals surface area contributed by atoms with Gasteiger partial charge in [0.25, 0.3) is 5.19 Å². The lowest BCUT2D eigenvalue weighted by Gasteiger charge is -2.30. The van der Waals surface area contributed by atoms with Crippen LogP contribution >= 0.6 is 11.3 Å². The molecule has 0 aromatic carbocycles. The molecule has 1 N–H and O–H groups in total. The minimum Gasteiger partial charge on any atom is -0.469 e. The van der Waals surface area contributed by atoms with E-state index in [9.17, 15) is 4.79 Å². The number of nitrogens with zero attached hydrogens (tertiary/aromatic N) is 4. The number of carbonyl (C=O) groups is 1. The molecule has 0 atom stereocenters. The summed E-state index contributed by atoms with van der Waals surface area (Å²) in [6, 6.07) is 3.79. The van der Waals surface area contributed by atoms with E-state index >= 15 is 0 Å². The number of piperidine rings is 1. The van der Waals surface area contributed by atoms with E-state index in [0.29, 0.717) is 17.6 Å². The molecule has 1 amide bonds. The van der Waals surface area contributed by atoms with Gasteiger partial charge in [-0.1, -0.05) is 17.4 Å². The smallest absolute Gasteiger partial charge is 0.294 e. The highest BCUT2D eigenvalue weighted by Gasteiger charge is 2.25. The number of amides is 1. The molecule has 2 aromatic rings. The third kappa shape index (κ3) is 4.96. The van der Waals surface area contributed by atoms with Crippen LogP contribution in [0.3, 0.4) is 0 Å². The molecule has 0 spiro atoms. The Morgan fingerprint density at radius 3 is 2.84 bits per heavy atom. The summed E-state index contributed by atoms with van der Waals surface area (Å²) in [7, 11) is 0. The molecule has 134 valence electrons. The summed E-state index contributed by atoms with van der Waals surface area (Å²) in [5, 5.41) is 12.7. The molecule has 0 radical (unpaired) electrons. The Balaban J connectivity index is 1.46. The van der Waals surface area contributed by atoms with Crippen molar-refractivity contribution < 1.29 is 9.53 Å². The molecule has 1 saturated heterocycles. The van der Waals surface area contributed by atoms with E-state index in [2.05, 4.69) is 25.4 Å². The van der Waals surface area contributed by atoms with Crippen molar-refractivity contribution in [3.8, 4) is 5.19 Å². The summed E-state index contributed by atoms with van der Waals surface area (Å²) in [6.45, 7) is 7.03. The second-order valence-corrected chi connectivity index (χ2v) is 7.18. The highest BCUT2D eigenvalue weighted by molar-refractivity contribution is 7.13. The molecule has 0 aliphatic carbocycles. The fraction of sp³-hybridized carbons (Fsp3) is 0.529. The van der Waals surface area contributed by atoms with Crippen molar-refractivity contribution in [3.63, 3.8) is 0 Å². The van der Waals surface area contributed by atoms with Gasteiger partial charge in [0.1, 0.15) is 10.8 Å². The number of aromatic nitrogens is 3. The zero-order valence-electron chi connectivity index (χ0n) is 14.6. The Labute approximate surface area is 151 Å². The SMILES string of the molecule is CCOc1nnc(CN2CCC(C(=O)Nc3ccc(C)cn3)CC2)s1. The van der Waals surface area contributed by atoms with Crippen molar-refractivity contribution in [1.29, 1.82) is 0 Å². The second-order valence-electron chi connectivity index (χ2n) is 6.16. The number of carbonyl (C=O) groups excluding carboxylic acids is 1. The highest BCUT2D eigenvalue weighted by Crippen LogP contribution is 2.23. The van der Waals surface area contributed by atoms with E-state index < -0.39 is 0 Å². The molecule has 7 nitrogen and oxygen atoms in total. The largest absolute Gasteiger partial charge is 0.469 e. The lowest BCUT2D eigenvalue weighted by atomic mass is 9.96. The Bertz CT molecular complexity index is 695. The topological polar surface area (TPSA) is 80.2 Å². The number of hydrogen-bond acceptors (Lipinski definition) is 7. The van der Waals surface area contributed by atoms with Crippen LogP contribution in [0.25, 0.3) is 0 Å². The fourth-order valence-electron chi connectivity index (χ4n) is 2.80. The van der Waals surface area contributed by atoms with E-state index in [0.717, 1.165) is 43.0 Å². The summed E-state index contributed by atoms with van der Waals surface area (Å²) >= 11 is 1.49. The van der Waals surface area contributed by atoms with Gasteiger partial charge in [-0.2, -0.15) is 0 Å². The molecule has 3 heterocycles. The third-order valence-corrected chi connectivity index (χ3v) is 5.02. The van der Waals surface area contributed by atoms with Crippen LogP contribution in [0.4, 0.5) is 5.82 Å². The first-order valence-electron chi connectivity index (χ1n) is 8.55. The summed E-state index contributed by atoms with van der Waals surface area (Å²) in [5.74, 6) is 0.716. The molecular formula is C17H23N5O2S. The van der Waals surface area contributed by atoms with Gasteiger partial charge < -0.3 is 10.1 Å². The Morgan fingerprint density at radius 2 is 2.16 bits per heavy atom. The first-order chi connectivity index (χ1) is 12.1. The van der Waals surface area contributed by atoms with Crippen LogP contribution < -0.4 is 10.1 Å². The zero-order chi connectivity index (χ0) is 17.6. The number of aryl methyl sites for hydroxylation is 1. The fourth-order valence-corrected chi connectivity index (χ4v) is 3.59. The Hall–Kier alpha value is -2.06. The molecule has 8 heteroatoms. The number of rotatable bonds is 6. The van der Waals surface area contributed by atoms with Gasteiger partial charge in [-0.25, -0.2) is 4.98 Å². The van der Waals surface area contributed by atoms with Gasteiger partial charge >= 0.3 is 0 Å². The average Bonchev–Trinajstić information content (AvgIpc) is 3.05. The molecule has 3 rings (SSSR count). The predicted molar refractivity (Wildman–Crippen MR) is 96.7 cm³/mol. The van der Waals surface area contributed by atoms with Crippen molar-refractivity contribution in [2.75, 3.05) is 25.0 Å². The van der Waals surface area contributed by atoms with Crippen LogP contribution in [0.2, 0.25) is 0 Å². The van der Waals surface area contributed by atoms with E-state index in [-0.39, 0.29) is 11.8 Å². The number of anilines is 1. The van der Waals surface area contributed by atoms with Crippen molar-refractivity contribution in [2.45, 2.75) is 33.2 Å². The number of nitrogens with one attached hydrogen (secondary N) is 1. The Morgan fingerprint density at radius 1 is 1.36 bits per heavy atom. The van der Waals surface area contributed by atoms with Crippen LogP contribution in [-0.4, -0.2) is 45.7 Å². The van der Waals surface area contributed by atoms with Gasteiger partial charge in [-0.15, -0.1) is 10.2 Å². The minimum atomic E-state index is 0.0350. The molecule has 1 aliphatic heterocycles. The van der Waals surface area contributed by atoms with Gasteiger partial charge in [-0.3, -0.25) is 9.69 Å². The van der Waals surface area contributed by atoms with Crippen molar-refractivity contribution >= 4 is 23.1 Å². The average molecular weight is 361 g/mol. The number of ether oxygens (including phenoxy) is 1. The summed E-state index contributed by atoms with van der Waals surface area (Å²) in [6.07, 6.45) is 3.44. The highest BCUT2D eigenvalue weighted by atomic mass is 32.1. The Kier molecular flexibility index (Phi) is 5.93. The summed E-state index contributed by atoms with van der Waals surface area (Å²) in [5.41, 5.74) is 1.08. The van der Waals surface area contributed by atoms with Crippen LogP contribution in [0.1, 0.15) is 30.3 Å². The number of hydrogen-bond donors (Lipinski definition) is 1. The molecule has 1 fully saturated rings. The van der Waals surface area contributed by atoms with Gasteiger partial charge in [0.2, 0.25) is 5.91 Å². The van der Waals surface area contributed by atoms with Crippen molar-refractivity contribution in [2.24, 2.45) is 5.92 Å². The van der Waals surface area contributed by atoms with Gasteiger partial charge in [0.05, 0.1) is 13.2 Å². The molecule has 0 unspecified atom stereocenters. The van der Waals surface area contributed by atoms with Crippen molar-refractivity contribution in [1.82, 2.24) is 20.1 Å². The molecule has 0 saturated carbocycles. The first-order valence-corrected chi connectivity index (χ1v) is 9.36. The molecule has 25 heavy (non-hydrogen) atoms. The van der Waals surface area contributed by atoms with Gasteiger partial charge in [-0.05, 0) is 51.4 Å². The second kappa shape index (κ2) is 8.35. The third-order valence-electron chi connectivity index (χ3n) is 4.20. The minimum absolute atomic E-state index is 0.0350. The van der Waals surface area contributed by atoms with Crippen molar-refractivity contribution in [3.05, 3.63) is 28.9 Å². The molecule has 2 aromatic heterocycles.